The fraction of sp³-hybridized carbons (Fsp3) is 0.125. The topological polar surface area (TPSA) is 67.5 Å². The lowest BCUT2D eigenvalue weighted by molar-refractivity contribution is 0.104. The lowest BCUT2D eigenvalue weighted by Gasteiger charge is -2.01. The van der Waals surface area contributed by atoms with Gasteiger partial charge in [0, 0.05) is 6.07 Å². The summed E-state index contributed by atoms with van der Waals surface area (Å²) in [5.74, 6) is -0.690. The molecule has 0 fully saturated rings. The van der Waals surface area contributed by atoms with Gasteiger partial charge in [0.15, 0.2) is 5.78 Å². The number of aryl methyl sites for hydroxylation is 2. The average molecular weight is 270 g/mol. The molecule has 102 valence electrons. The third kappa shape index (κ3) is 2.85. The van der Waals surface area contributed by atoms with Crippen molar-refractivity contribution in [1.29, 1.82) is 0 Å². The lowest BCUT2D eigenvalue weighted by atomic mass is 10.1. The van der Waals surface area contributed by atoms with Gasteiger partial charge in [-0.25, -0.2) is 4.79 Å². The van der Waals surface area contributed by atoms with Crippen LogP contribution in [0.1, 0.15) is 27.2 Å². The summed E-state index contributed by atoms with van der Waals surface area (Å²) >= 11 is 0. The van der Waals surface area contributed by atoms with Gasteiger partial charge < -0.3 is 9.52 Å². The molecule has 0 aliphatic carbocycles. The molecule has 0 aliphatic heterocycles. The van der Waals surface area contributed by atoms with Gasteiger partial charge in [-0.15, -0.1) is 0 Å². The average Bonchev–Trinajstić information content (AvgIpc) is 2.36. The van der Waals surface area contributed by atoms with E-state index in [1.54, 1.807) is 6.08 Å². The van der Waals surface area contributed by atoms with Gasteiger partial charge in [-0.05, 0) is 31.1 Å². The molecule has 0 atom stereocenters. The number of rotatable bonds is 3. The van der Waals surface area contributed by atoms with Gasteiger partial charge in [-0.3, -0.25) is 4.79 Å². The van der Waals surface area contributed by atoms with E-state index in [1.807, 2.05) is 31.2 Å². The molecule has 0 amide bonds. The number of ketones is 1. The molecule has 4 nitrogen and oxygen atoms in total. The monoisotopic (exact) mass is 270 g/mol. The number of aromatic hydroxyl groups is 1. The highest BCUT2D eigenvalue weighted by Gasteiger charge is 2.15. The van der Waals surface area contributed by atoms with Crippen LogP contribution in [-0.4, -0.2) is 10.9 Å². The first-order chi connectivity index (χ1) is 9.49. The first-order valence-electron chi connectivity index (χ1n) is 6.11. The SMILES string of the molecule is Cc1cc(O)c(C(=O)/C=C/c2ccccc2C)c(=O)o1. The van der Waals surface area contributed by atoms with Crippen LogP contribution in [0.25, 0.3) is 6.08 Å². The van der Waals surface area contributed by atoms with E-state index in [4.69, 9.17) is 4.42 Å². The van der Waals surface area contributed by atoms with E-state index in [2.05, 4.69) is 0 Å². The minimum absolute atomic E-state index is 0.256. The molecule has 1 N–H and O–H groups in total. The van der Waals surface area contributed by atoms with E-state index in [1.165, 1.54) is 19.1 Å². The molecule has 0 unspecified atom stereocenters. The number of carbonyl (C=O) groups excluding carboxylic acids is 1. The highest BCUT2D eigenvalue weighted by atomic mass is 16.4. The van der Waals surface area contributed by atoms with Gasteiger partial charge in [-0.2, -0.15) is 0 Å². The second-order valence-electron chi connectivity index (χ2n) is 4.46. The zero-order valence-electron chi connectivity index (χ0n) is 11.2. The minimum Gasteiger partial charge on any atom is -0.507 e. The van der Waals surface area contributed by atoms with Crippen LogP contribution in [0.2, 0.25) is 0 Å². The van der Waals surface area contributed by atoms with Crippen LogP contribution in [0.4, 0.5) is 0 Å². The van der Waals surface area contributed by atoms with Gasteiger partial charge in [0.05, 0.1) is 0 Å². The number of hydrogen-bond acceptors (Lipinski definition) is 4. The van der Waals surface area contributed by atoms with E-state index in [-0.39, 0.29) is 17.1 Å². The molecular formula is C16H14O4. The predicted molar refractivity (Wildman–Crippen MR) is 75.9 cm³/mol. The minimum atomic E-state index is -0.832. The zero-order chi connectivity index (χ0) is 14.7. The van der Waals surface area contributed by atoms with Crippen molar-refractivity contribution in [2.75, 3.05) is 0 Å². The summed E-state index contributed by atoms with van der Waals surface area (Å²) in [7, 11) is 0. The van der Waals surface area contributed by atoms with Crippen LogP contribution in [0.15, 0.2) is 45.6 Å². The first-order valence-corrected chi connectivity index (χ1v) is 6.11. The number of benzene rings is 1. The zero-order valence-corrected chi connectivity index (χ0v) is 11.2. The smallest absolute Gasteiger partial charge is 0.351 e. The second-order valence-corrected chi connectivity index (χ2v) is 4.46. The Labute approximate surface area is 116 Å². The van der Waals surface area contributed by atoms with Gasteiger partial charge in [0.2, 0.25) is 0 Å². The van der Waals surface area contributed by atoms with Crippen LogP contribution in [0.5, 0.6) is 5.75 Å². The Morgan fingerprint density at radius 1 is 1.25 bits per heavy atom. The summed E-state index contributed by atoms with van der Waals surface area (Å²) in [4.78, 5) is 23.6. The molecule has 0 aliphatic rings. The van der Waals surface area contributed by atoms with Crippen molar-refractivity contribution >= 4 is 11.9 Å². The molecule has 0 saturated carbocycles. The molecular weight excluding hydrogens is 256 g/mol. The summed E-state index contributed by atoms with van der Waals surface area (Å²) in [6, 6.07) is 8.78. The normalized spacial score (nSPS) is 10.9. The van der Waals surface area contributed by atoms with Gasteiger partial charge in [-0.1, -0.05) is 30.3 Å². The van der Waals surface area contributed by atoms with Crippen molar-refractivity contribution in [1.82, 2.24) is 0 Å². The van der Waals surface area contributed by atoms with Gasteiger partial charge in [0.1, 0.15) is 17.1 Å². The molecule has 2 rings (SSSR count). The number of carbonyl (C=O) groups is 1. The van der Waals surface area contributed by atoms with Crippen LogP contribution in [-0.2, 0) is 0 Å². The Morgan fingerprint density at radius 2 is 1.95 bits per heavy atom. The maximum absolute atomic E-state index is 12.0. The number of allylic oxidation sites excluding steroid dienone is 1. The Bertz CT molecular complexity index is 738. The molecule has 0 bridgehead atoms. The second kappa shape index (κ2) is 5.57. The van der Waals surface area contributed by atoms with E-state index in [0.29, 0.717) is 0 Å². The van der Waals surface area contributed by atoms with Crippen molar-refractivity contribution in [2.24, 2.45) is 0 Å². The Balaban J connectivity index is 2.35. The van der Waals surface area contributed by atoms with Crippen LogP contribution >= 0.6 is 0 Å². The largest absolute Gasteiger partial charge is 0.507 e. The molecule has 0 spiro atoms. The van der Waals surface area contributed by atoms with Crippen LogP contribution in [0, 0.1) is 13.8 Å². The molecule has 4 heteroatoms. The molecule has 0 radical (unpaired) electrons. The van der Waals surface area contributed by atoms with Crippen molar-refractivity contribution in [3.8, 4) is 5.75 Å². The van der Waals surface area contributed by atoms with Gasteiger partial charge >= 0.3 is 5.63 Å². The fourth-order valence-electron chi connectivity index (χ4n) is 1.85. The maximum Gasteiger partial charge on any atom is 0.351 e. The van der Waals surface area contributed by atoms with Crippen LogP contribution < -0.4 is 5.63 Å². The molecule has 20 heavy (non-hydrogen) atoms. The third-order valence-electron chi connectivity index (χ3n) is 2.90. The Hall–Kier alpha value is -2.62. The Kier molecular flexibility index (Phi) is 3.84. The molecule has 1 aromatic carbocycles. The highest BCUT2D eigenvalue weighted by molar-refractivity contribution is 6.08. The van der Waals surface area contributed by atoms with Crippen molar-refractivity contribution in [3.63, 3.8) is 0 Å². The van der Waals surface area contributed by atoms with Crippen LogP contribution in [0.3, 0.4) is 0 Å². The lowest BCUT2D eigenvalue weighted by Crippen LogP contribution is -2.12. The maximum atomic E-state index is 12.0. The molecule has 0 saturated heterocycles. The standard InChI is InChI=1S/C16H14O4/c1-10-5-3-4-6-12(10)7-8-13(17)15-14(18)9-11(2)20-16(15)19/h3-9,18H,1-2H3/b8-7+. The van der Waals surface area contributed by atoms with Crippen molar-refractivity contribution in [3.05, 3.63) is 69.3 Å². The van der Waals surface area contributed by atoms with Crippen molar-refractivity contribution < 1.29 is 14.3 Å². The Morgan fingerprint density at radius 3 is 2.60 bits per heavy atom. The number of hydrogen-bond donors (Lipinski definition) is 1. The fourth-order valence-corrected chi connectivity index (χ4v) is 1.85. The molecule has 2 aromatic rings. The molecule has 1 heterocycles. The summed E-state index contributed by atoms with van der Waals surface area (Å²) < 4.78 is 4.82. The third-order valence-corrected chi connectivity index (χ3v) is 2.90. The summed E-state index contributed by atoms with van der Waals surface area (Å²) in [6.45, 7) is 3.44. The van der Waals surface area contributed by atoms with Gasteiger partial charge in [0.25, 0.3) is 0 Å². The summed E-state index contributed by atoms with van der Waals surface area (Å²) in [5.41, 5.74) is 0.705. The molecule has 1 aromatic heterocycles. The highest BCUT2D eigenvalue weighted by Crippen LogP contribution is 2.16. The quantitative estimate of drug-likeness (QED) is 0.688. The van der Waals surface area contributed by atoms with E-state index >= 15 is 0 Å². The predicted octanol–water partition coefficient (Wildman–Crippen LogP) is 2.86. The van der Waals surface area contributed by atoms with E-state index in [9.17, 15) is 14.7 Å². The first kappa shape index (κ1) is 13.8. The van der Waals surface area contributed by atoms with E-state index in [0.717, 1.165) is 11.1 Å². The van der Waals surface area contributed by atoms with Crippen molar-refractivity contribution in [2.45, 2.75) is 13.8 Å². The summed E-state index contributed by atoms with van der Waals surface area (Å²) in [5, 5.41) is 9.68. The summed E-state index contributed by atoms with van der Waals surface area (Å²) in [6.07, 6.45) is 2.86. The van der Waals surface area contributed by atoms with E-state index < -0.39 is 11.4 Å².